The number of likely N-dealkylation sites (tertiary alicyclic amines) is 1. The summed E-state index contributed by atoms with van der Waals surface area (Å²) in [6.07, 6.45) is 4.50. The van der Waals surface area contributed by atoms with Gasteiger partial charge in [0.2, 0.25) is 10.0 Å². The monoisotopic (exact) mass is 453 g/mol. The summed E-state index contributed by atoms with van der Waals surface area (Å²) in [6, 6.07) is 4.23. The van der Waals surface area contributed by atoms with Gasteiger partial charge in [0.1, 0.15) is 10.6 Å². The molecule has 0 aromatic heterocycles. The summed E-state index contributed by atoms with van der Waals surface area (Å²) in [5.74, 6) is -0.153. The third kappa shape index (κ3) is 5.88. The highest BCUT2D eigenvalue weighted by Gasteiger charge is 2.28. The summed E-state index contributed by atoms with van der Waals surface area (Å²) < 4.78 is 38.8. The van der Waals surface area contributed by atoms with Crippen molar-refractivity contribution in [2.75, 3.05) is 26.8 Å². The van der Waals surface area contributed by atoms with Gasteiger partial charge in [-0.1, -0.05) is 12.8 Å². The minimum absolute atomic E-state index is 0.0355. The van der Waals surface area contributed by atoms with E-state index in [2.05, 4.69) is 10.0 Å². The van der Waals surface area contributed by atoms with E-state index in [1.807, 2.05) is 0 Å². The molecule has 1 heterocycles. The second-order valence-electron chi connectivity index (χ2n) is 7.90. The SMILES string of the molecule is CCOC(=O)N1CCC(NC(=O)c2ccc(OC)c(S(=O)(=O)NC3CCCC3)c2)CC1. The quantitative estimate of drug-likeness (QED) is 0.655. The first-order valence-corrected chi connectivity index (χ1v) is 12.2. The van der Waals surface area contributed by atoms with E-state index < -0.39 is 10.0 Å². The first kappa shape index (κ1) is 23.3. The molecule has 0 bridgehead atoms. The highest BCUT2D eigenvalue weighted by molar-refractivity contribution is 7.89. The zero-order valence-corrected chi connectivity index (χ0v) is 18.9. The van der Waals surface area contributed by atoms with E-state index in [1.54, 1.807) is 17.9 Å². The molecular formula is C21H31N3O6S. The number of carbonyl (C=O) groups is 2. The molecule has 0 atom stereocenters. The number of rotatable bonds is 7. The van der Waals surface area contributed by atoms with E-state index in [4.69, 9.17) is 9.47 Å². The number of ether oxygens (including phenoxy) is 2. The van der Waals surface area contributed by atoms with Crippen molar-refractivity contribution in [1.82, 2.24) is 14.9 Å². The second-order valence-corrected chi connectivity index (χ2v) is 9.58. The molecule has 0 unspecified atom stereocenters. The Balaban J connectivity index is 1.66. The maximum absolute atomic E-state index is 12.9. The van der Waals surface area contributed by atoms with Gasteiger partial charge in [-0.3, -0.25) is 4.79 Å². The fourth-order valence-electron chi connectivity index (χ4n) is 4.04. The predicted octanol–water partition coefficient (Wildman–Crippen LogP) is 2.27. The van der Waals surface area contributed by atoms with Crippen molar-refractivity contribution in [3.63, 3.8) is 0 Å². The second kappa shape index (κ2) is 10.3. The molecule has 1 aliphatic heterocycles. The minimum atomic E-state index is -3.81. The van der Waals surface area contributed by atoms with Gasteiger partial charge in [0.05, 0.1) is 13.7 Å². The van der Waals surface area contributed by atoms with E-state index in [1.165, 1.54) is 19.2 Å². The van der Waals surface area contributed by atoms with Crippen LogP contribution in [-0.2, 0) is 14.8 Å². The molecule has 0 spiro atoms. The highest BCUT2D eigenvalue weighted by Crippen LogP contribution is 2.27. The van der Waals surface area contributed by atoms with Gasteiger partial charge < -0.3 is 19.7 Å². The van der Waals surface area contributed by atoms with Crippen molar-refractivity contribution < 1.29 is 27.5 Å². The number of piperidine rings is 1. The first-order chi connectivity index (χ1) is 14.8. The maximum atomic E-state index is 12.9. The lowest BCUT2D eigenvalue weighted by Crippen LogP contribution is -2.46. The molecule has 2 fully saturated rings. The highest BCUT2D eigenvalue weighted by atomic mass is 32.2. The Morgan fingerprint density at radius 1 is 1.10 bits per heavy atom. The number of hydrogen-bond donors (Lipinski definition) is 2. The number of carbonyl (C=O) groups excluding carboxylic acids is 2. The van der Waals surface area contributed by atoms with Gasteiger partial charge >= 0.3 is 6.09 Å². The molecule has 172 valence electrons. The average Bonchev–Trinajstić information content (AvgIpc) is 3.26. The Labute approximate surface area is 183 Å². The van der Waals surface area contributed by atoms with Crippen molar-refractivity contribution in [2.45, 2.75) is 62.4 Å². The van der Waals surface area contributed by atoms with Crippen molar-refractivity contribution in [2.24, 2.45) is 0 Å². The lowest BCUT2D eigenvalue weighted by atomic mass is 10.0. The van der Waals surface area contributed by atoms with Crippen LogP contribution in [0.25, 0.3) is 0 Å². The third-order valence-corrected chi connectivity index (χ3v) is 7.29. The lowest BCUT2D eigenvalue weighted by Gasteiger charge is -2.31. The van der Waals surface area contributed by atoms with Crippen LogP contribution in [0.1, 0.15) is 55.8 Å². The standard InChI is InChI=1S/C21H31N3O6S/c1-3-30-21(26)24-12-10-16(11-13-24)22-20(25)15-8-9-18(29-2)19(14-15)31(27,28)23-17-6-4-5-7-17/h8-9,14,16-17,23H,3-7,10-13H2,1-2H3,(H,22,25). The summed E-state index contributed by atoms with van der Waals surface area (Å²) in [5, 5.41) is 2.94. The Kier molecular flexibility index (Phi) is 7.77. The molecule has 2 N–H and O–H groups in total. The lowest BCUT2D eigenvalue weighted by molar-refractivity contribution is 0.0860. The molecule has 2 amide bonds. The fourth-order valence-corrected chi connectivity index (χ4v) is 5.54. The topological polar surface area (TPSA) is 114 Å². The van der Waals surface area contributed by atoms with E-state index in [-0.39, 0.29) is 40.3 Å². The number of hydrogen-bond acceptors (Lipinski definition) is 6. The number of nitrogens with zero attached hydrogens (tertiary/aromatic N) is 1. The van der Waals surface area contributed by atoms with Crippen LogP contribution in [-0.4, -0.2) is 64.2 Å². The summed E-state index contributed by atoms with van der Waals surface area (Å²) in [5.41, 5.74) is 0.250. The molecular weight excluding hydrogens is 422 g/mol. The number of methoxy groups -OCH3 is 1. The van der Waals surface area contributed by atoms with Crippen molar-refractivity contribution >= 4 is 22.0 Å². The van der Waals surface area contributed by atoms with Crippen LogP contribution in [0.3, 0.4) is 0 Å². The molecule has 0 radical (unpaired) electrons. The van der Waals surface area contributed by atoms with Gasteiger partial charge in [0, 0.05) is 30.7 Å². The summed E-state index contributed by atoms with van der Waals surface area (Å²) in [4.78, 5) is 26.2. The van der Waals surface area contributed by atoms with Gasteiger partial charge in [-0.05, 0) is 50.8 Å². The smallest absolute Gasteiger partial charge is 0.409 e. The van der Waals surface area contributed by atoms with Gasteiger partial charge in [-0.25, -0.2) is 17.9 Å². The van der Waals surface area contributed by atoms with Crippen LogP contribution in [0.15, 0.2) is 23.1 Å². The average molecular weight is 454 g/mol. The Bertz CT molecular complexity index is 890. The number of benzene rings is 1. The largest absolute Gasteiger partial charge is 0.495 e. The minimum Gasteiger partial charge on any atom is -0.495 e. The van der Waals surface area contributed by atoms with Crippen molar-refractivity contribution in [1.29, 1.82) is 0 Å². The number of nitrogens with one attached hydrogen (secondary N) is 2. The molecule has 1 aliphatic carbocycles. The van der Waals surface area contributed by atoms with Crippen LogP contribution < -0.4 is 14.8 Å². The molecule has 10 heteroatoms. The van der Waals surface area contributed by atoms with Crippen LogP contribution >= 0.6 is 0 Å². The summed E-state index contributed by atoms with van der Waals surface area (Å²) in [6.45, 7) is 3.08. The molecule has 3 rings (SSSR count). The third-order valence-electron chi connectivity index (χ3n) is 5.75. The van der Waals surface area contributed by atoms with Crippen LogP contribution in [0, 0.1) is 0 Å². The molecule has 2 aliphatic rings. The predicted molar refractivity (Wildman–Crippen MR) is 115 cm³/mol. The van der Waals surface area contributed by atoms with Gasteiger partial charge in [-0.15, -0.1) is 0 Å². The van der Waals surface area contributed by atoms with Crippen molar-refractivity contribution in [3.8, 4) is 5.75 Å². The Morgan fingerprint density at radius 2 is 1.77 bits per heavy atom. The normalized spacial score (nSPS) is 18.1. The molecule has 1 saturated heterocycles. The molecule has 1 saturated carbocycles. The van der Waals surface area contributed by atoms with E-state index in [0.717, 1.165) is 25.7 Å². The van der Waals surface area contributed by atoms with Crippen LogP contribution in [0.4, 0.5) is 4.79 Å². The van der Waals surface area contributed by atoms with E-state index >= 15 is 0 Å². The van der Waals surface area contributed by atoms with Crippen LogP contribution in [0.5, 0.6) is 5.75 Å². The fraction of sp³-hybridized carbons (Fsp3) is 0.619. The Hall–Kier alpha value is -2.33. The molecule has 31 heavy (non-hydrogen) atoms. The first-order valence-electron chi connectivity index (χ1n) is 10.8. The van der Waals surface area contributed by atoms with Gasteiger partial charge in [0.15, 0.2) is 0 Å². The number of amides is 2. The summed E-state index contributed by atoms with van der Waals surface area (Å²) in [7, 11) is -2.41. The van der Waals surface area contributed by atoms with E-state index in [9.17, 15) is 18.0 Å². The molecule has 9 nitrogen and oxygen atoms in total. The Morgan fingerprint density at radius 3 is 2.39 bits per heavy atom. The molecule has 1 aromatic rings. The van der Waals surface area contributed by atoms with Gasteiger partial charge in [-0.2, -0.15) is 0 Å². The summed E-state index contributed by atoms with van der Waals surface area (Å²) >= 11 is 0. The van der Waals surface area contributed by atoms with Gasteiger partial charge in [0.25, 0.3) is 5.91 Å². The zero-order valence-electron chi connectivity index (χ0n) is 18.1. The van der Waals surface area contributed by atoms with Crippen molar-refractivity contribution in [3.05, 3.63) is 23.8 Å². The van der Waals surface area contributed by atoms with E-state index in [0.29, 0.717) is 32.5 Å². The molecule has 1 aromatic carbocycles. The zero-order chi connectivity index (χ0) is 22.4. The van der Waals surface area contributed by atoms with Crippen LogP contribution in [0.2, 0.25) is 0 Å². The maximum Gasteiger partial charge on any atom is 0.409 e. The number of sulfonamides is 1.